The highest BCUT2D eigenvalue weighted by Crippen LogP contribution is 2.05. The van der Waals surface area contributed by atoms with Gasteiger partial charge >= 0.3 is 0 Å². The molecule has 0 spiro atoms. The van der Waals surface area contributed by atoms with E-state index in [1.54, 1.807) is 0 Å². The molecule has 1 heterocycles. The summed E-state index contributed by atoms with van der Waals surface area (Å²) in [5.74, 6) is 1.59. The molecule has 1 rings (SSSR count). The molecule has 0 aromatic rings. The van der Waals surface area contributed by atoms with Gasteiger partial charge in [-0.1, -0.05) is 27.7 Å². The van der Waals surface area contributed by atoms with Gasteiger partial charge < -0.3 is 19.7 Å². The van der Waals surface area contributed by atoms with Crippen molar-refractivity contribution >= 4 is 11.7 Å². The number of hydrogen-bond acceptors (Lipinski definition) is 6. The fourth-order valence-corrected chi connectivity index (χ4v) is 3.37. The molecule has 1 fully saturated rings. The Morgan fingerprint density at radius 1 is 0.833 bits per heavy atom. The second kappa shape index (κ2) is 16.6. The van der Waals surface area contributed by atoms with Gasteiger partial charge in [-0.15, -0.1) is 0 Å². The summed E-state index contributed by atoms with van der Waals surface area (Å²) in [6, 6.07) is 0. The highest BCUT2D eigenvalue weighted by molar-refractivity contribution is 5.78. The number of ether oxygens (including phenoxy) is 2. The van der Waals surface area contributed by atoms with Gasteiger partial charge in [0.2, 0.25) is 5.91 Å². The first-order chi connectivity index (χ1) is 14.4. The third-order valence-corrected chi connectivity index (χ3v) is 5.13. The fourth-order valence-electron chi connectivity index (χ4n) is 3.37. The predicted octanol–water partition coefficient (Wildman–Crippen LogP) is 2.19. The van der Waals surface area contributed by atoms with Gasteiger partial charge in [0, 0.05) is 65.3 Å². The van der Waals surface area contributed by atoms with Crippen molar-refractivity contribution in [3.05, 3.63) is 0 Å². The number of carbonyl (C=O) groups is 2. The zero-order chi connectivity index (χ0) is 22.2. The van der Waals surface area contributed by atoms with E-state index in [2.05, 4.69) is 42.8 Å². The highest BCUT2D eigenvalue weighted by atomic mass is 16.5. The molecule has 0 aromatic carbocycles. The van der Waals surface area contributed by atoms with Crippen LogP contribution in [-0.4, -0.2) is 93.7 Å². The standard InChI is InChI=1S/C23H45N3O4/c1-20(2)7-15-29-14-5-6-22(27)8-16-30-17-9-24-23(28)19-26-12-10-25(11-13-26)18-21(3)4/h20-21H,5-19H2,1-4H3,(H,24,28). The number of ketones is 1. The number of amides is 1. The van der Waals surface area contributed by atoms with Crippen molar-refractivity contribution < 1.29 is 19.1 Å². The number of nitrogens with zero attached hydrogens (tertiary/aromatic N) is 2. The van der Waals surface area contributed by atoms with E-state index in [9.17, 15) is 9.59 Å². The van der Waals surface area contributed by atoms with Gasteiger partial charge in [-0.3, -0.25) is 14.5 Å². The minimum atomic E-state index is 0.0458. The largest absolute Gasteiger partial charge is 0.381 e. The number of piperazine rings is 1. The molecule has 0 aromatic heterocycles. The quantitative estimate of drug-likeness (QED) is 0.359. The average molecular weight is 428 g/mol. The molecule has 1 aliphatic heterocycles. The summed E-state index contributed by atoms with van der Waals surface area (Å²) in [4.78, 5) is 28.5. The number of hydrogen-bond donors (Lipinski definition) is 1. The minimum Gasteiger partial charge on any atom is -0.381 e. The Bertz CT molecular complexity index is 463. The Morgan fingerprint density at radius 2 is 1.50 bits per heavy atom. The van der Waals surface area contributed by atoms with E-state index in [0.29, 0.717) is 57.6 Å². The van der Waals surface area contributed by atoms with Crippen molar-refractivity contribution in [2.24, 2.45) is 11.8 Å². The topological polar surface area (TPSA) is 71.1 Å². The predicted molar refractivity (Wildman–Crippen MR) is 121 cm³/mol. The SMILES string of the molecule is CC(C)CCOCCCC(=O)CCOCCNC(=O)CN1CCN(CC(C)C)CC1. The van der Waals surface area contributed by atoms with Gasteiger partial charge in [0.15, 0.2) is 0 Å². The Kier molecular flexibility index (Phi) is 15.0. The Labute approximate surface area is 183 Å². The fraction of sp³-hybridized carbons (Fsp3) is 0.913. The number of carbonyl (C=O) groups excluding carboxylic acids is 2. The number of Topliss-reactive ketones (excluding diaryl/α,β-unsaturated/α-hetero) is 1. The third kappa shape index (κ3) is 14.9. The van der Waals surface area contributed by atoms with Crippen molar-refractivity contribution in [2.45, 2.75) is 53.4 Å². The van der Waals surface area contributed by atoms with Crippen LogP contribution < -0.4 is 5.32 Å². The molecule has 0 unspecified atom stereocenters. The maximum absolute atomic E-state index is 12.1. The lowest BCUT2D eigenvalue weighted by atomic mass is 10.1. The Morgan fingerprint density at radius 3 is 2.17 bits per heavy atom. The van der Waals surface area contributed by atoms with Crippen molar-refractivity contribution in [3.8, 4) is 0 Å². The molecule has 1 amide bonds. The van der Waals surface area contributed by atoms with Crippen LogP contribution >= 0.6 is 0 Å². The molecule has 0 atom stereocenters. The molecule has 7 nitrogen and oxygen atoms in total. The van der Waals surface area contributed by atoms with Gasteiger partial charge in [0.25, 0.3) is 0 Å². The third-order valence-electron chi connectivity index (χ3n) is 5.13. The van der Waals surface area contributed by atoms with E-state index < -0.39 is 0 Å². The molecule has 7 heteroatoms. The van der Waals surface area contributed by atoms with Crippen LogP contribution in [0.15, 0.2) is 0 Å². The molecule has 0 radical (unpaired) electrons. The molecular weight excluding hydrogens is 382 g/mol. The lowest BCUT2D eigenvalue weighted by Gasteiger charge is -2.35. The smallest absolute Gasteiger partial charge is 0.234 e. The Hall–Kier alpha value is -1.02. The monoisotopic (exact) mass is 427 g/mol. The molecular formula is C23H45N3O4. The summed E-state index contributed by atoms with van der Waals surface area (Å²) >= 11 is 0. The van der Waals surface area contributed by atoms with Crippen LogP contribution in [0.25, 0.3) is 0 Å². The van der Waals surface area contributed by atoms with Gasteiger partial charge in [-0.25, -0.2) is 0 Å². The zero-order valence-electron chi connectivity index (χ0n) is 19.8. The summed E-state index contributed by atoms with van der Waals surface area (Å²) in [5, 5.41) is 2.90. The molecule has 1 N–H and O–H groups in total. The van der Waals surface area contributed by atoms with Crippen LogP contribution in [0.1, 0.15) is 53.4 Å². The second-order valence-electron chi connectivity index (χ2n) is 9.12. The lowest BCUT2D eigenvalue weighted by Crippen LogP contribution is -2.50. The van der Waals surface area contributed by atoms with E-state index in [1.165, 1.54) is 0 Å². The lowest BCUT2D eigenvalue weighted by molar-refractivity contribution is -0.123. The number of rotatable bonds is 17. The summed E-state index contributed by atoms with van der Waals surface area (Å²) in [6.45, 7) is 17.1. The molecule has 0 saturated carbocycles. The molecule has 1 aliphatic rings. The van der Waals surface area contributed by atoms with E-state index in [1.807, 2.05) is 0 Å². The summed E-state index contributed by atoms with van der Waals surface area (Å²) in [5.41, 5.74) is 0. The van der Waals surface area contributed by atoms with Crippen molar-refractivity contribution in [3.63, 3.8) is 0 Å². The van der Waals surface area contributed by atoms with Gasteiger partial charge in [-0.05, 0) is 24.7 Å². The normalized spacial score (nSPS) is 15.8. The van der Waals surface area contributed by atoms with Crippen LogP contribution in [0.2, 0.25) is 0 Å². The van der Waals surface area contributed by atoms with E-state index in [4.69, 9.17) is 9.47 Å². The maximum Gasteiger partial charge on any atom is 0.234 e. The summed E-state index contributed by atoms with van der Waals surface area (Å²) in [6.07, 6.45) is 2.82. The van der Waals surface area contributed by atoms with E-state index >= 15 is 0 Å². The highest BCUT2D eigenvalue weighted by Gasteiger charge is 2.19. The van der Waals surface area contributed by atoms with Crippen LogP contribution in [0, 0.1) is 11.8 Å². The van der Waals surface area contributed by atoms with Gasteiger partial charge in [-0.2, -0.15) is 0 Å². The van der Waals surface area contributed by atoms with Gasteiger partial charge in [0.05, 0.1) is 19.8 Å². The van der Waals surface area contributed by atoms with Crippen molar-refractivity contribution in [1.29, 1.82) is 0 Å². The maximum atomic E-state index is 12.1. The molecule has 0 bridgehead atoms. The second-order valence-corrected chi connectivity index (χ2v) is 9.12. The summed E-state index contributed by atoms with van der Waals surface area (Å²) < 4.78 is 11.0. The first-order valence-corrected chi connectivity index (χ1v) is 11.8. The number of nitrogens with one attached hydrogen (secondary N) is 1. The van der Waals surface area contributed by atoms with Crippen molar-refractivity contribution in [2.75, 3.05) is 72.2 Å². The van der Waals surface area contributed by atoms with E-state index in [0.717, 1.165) is 52.2 Å². The zero-order valence-corrected chi connectivity index (χ0v) is 19.8. The molecule has 1 saturated heterocycles. The van der Waals surface area contributed by atoms with Crippen molar-refractivity contribution in [1.82, 2.24) is 15.1 Å². The van der Waals surface area contributed by atoms with E-state index in [-0.39, 0.29) is 11.7 Å². The van der Waals surface area contributed by atoms with Crippen LogP contribution in [0.5, 0.6) is 0 Å². The molecule has 30 heavy (non-hydrogen) atoms. The first kappa shape index (κ1) is 27.0. The van der Waals surface area contributed by atoms with Gasteiger partial charge in [0.1, 0.15) is 5.78 Å². The minimum absolute atomic E-state index is 0.0458. The average Bonchev–Trinajstić information content (AvgIpc) is 2.68. The van der Waals surface area contributed by atoms with Crippen LogP contribution in [0.4, 0.5) is 0 Å². The molecule has 176 valence electrons. The first-order valence-electron chi connectivity index (χ1n) is 11.8. The van der Waals surface area contributed by atoms with Crippen LogP contribution in [-0.2, 0) is 19.1 Å². The van der Waals surface area contributed by atoms with Crippen LogP contribution in [0.3, 0.4) is 0 Å². The Balaban J connectivity index is 1.91. The molecule has 0 aliphatic carbocycles. The summed E-state index contributed by atoms with van der Waals surface area (Å²) in [7, 11) is 0.